The van der Waals surface area contributed by atoms with Crippen LogP contribution in [0.1, 0.15) is 43.5 Å². The van der Waals surface area contributed by atoms with E-state index in [0.717, 1.165) is 48.8 Å². The maximum Gasteiger partial charge on any atom is 0.229 e. The Balaban J connectivity index is 1.27. The number of aromatic nitrogens is 2. The number of fused-ring (bicyclic) bond motifs is 3. The van der Waals surface area contributed by atoms with Crippen molar-refractivity contribution in [3.8, 4) is 5.75 Å². The third-order valence-corrected chi connectivity index (χ3v) is 8.47. The van der Waals surface area contributed by atoms with Gasteiger partial charge in [0.2, 0.25) is 5.91 Å². The molecule has 1 aromatic heterocycles. The lowest BCUT2D eigenvalue weighted by Crippen LogP contribution is -2.60. The summed E-state index contributed by atoms with van der Waals surface area (Å²) < 4.78 is 7.79. The maximum atomic E-state index is 13.8. The summed E-state index contributed by atoms with van der Waals surface area (Å²) in [6.45, 7) is 6.70. The van der Waals surface area contributed by atoms with Gasteiger partial charge in [0.05, 0.1) is 31.9 Å². The first-order valence-electron chi connectivity index (χ1n) is 13.4. The van der Waals surface area contributed by atoms with Crippen LogP contribution < -0.4 is 4.74 Å². The lowest BCUT2D eigenvalue weighted by atomic mass is 9.93. The van der Waals surface area contributed by atoms with E-state index < -0.39 is 0 Å². The molecule has 0 N–H and O–H groups in total. The van der Waals surface area contributed by atoms with Crippen LogP contribution in [0.3, 0.4) is 0 Å². The van der Waals surface area contributed by atoms with Gasteiger partial charge in [-0.1, -0.05) is 68.8 Å². The normalized spacial score (nSPS) is 24.8. The molecule has 3 unspecified atom stereocenters. The highest BCUT2D eigenvalue weighted by atomic mass is 16.5. The number of ether oxygens (including phenoxy) is 1. The smallest absolute Gasteiger partial charge is 0.229 e. The number of hydrogen-bond donors (Lipinski definition) is 0. The van der Waals surface area contributed by atoms with E-state index in [0.29, 0.717) is 24.9 Å². The molecule has 1 aliphatic carbocycles. The van der Waals surface area contributed by atoms with Gasteiger partial charge in [-0.25, -0.2) is 4.98 Å². The van der Waals surface area contributed by atoms with Gasteiger partial charge in [0.25, 0.3) is 0 Å². The predicted octanol–water partition coefficient (Wildman–Crippen LogP) is 4.12. The molecule has 3 aliphatic rings. The number of amidine groups is 1. The second kappa shape index (κ2) is 9.36. The van der Waals surface area contributed by atoms with Crippen molar-refractivity contribution in [1.29, 1.82) is 0 Å². The molecule has 2 aliphatic heterocycles. The van der Waals surface area contributed by atoms with Crippen LogP contribution in [-0.4, -0.2) is 63.4 Å². The number of imidazole rings is 1. The number of piperazine rings is 1. The summed E-state index contributed by atoms with van der Waals surface area (Å²) in [6.07, 6.45) is 5.99. The second-order valence-electron chi connectivity index (χ2n) is 10.6. The number of benzene rings is 2. The summed E-state index contributed by atoms with van der Waals surface area (Å²) in [4.78, 5) is 28.2. The van der Waals surface area contributed by atoms with Crippen LogP contribution in [0.15, 0.2) is 72.1 Å². The van der Waals surface area contributed by atoms with Gasteiger partial charge >= 0.3 is 0 Å². The Labute approximate surface area is 218 Å². The Bertz CT molecular complexity index is 1320. The largest absolute Gasteiger partial charge is 0.496 e. The van der Waals surface area contributed by atoms with Crippen molar-refractivity contribution in [2.24, 2.45) is 10.9 Å². The van der Waals surface area contributed by atoms with Crippen molar-refractivity contribution in [3.63, 3.8) is 0 Å². The first kappa shape index (κ1) is 23.8. The minimum atomic E-state index is -0.249. The summed E-state index contributed by atoms with van der Waals surface area (Å²) in [5, 5.41) is 0. The number of nitrogens with zero attached hydrogens (tertiary/aromatic N) is 5. The Hall–Kier alpha value is -3.61. The molecule has 1 saturated heterocycles. The van der Waals surface area contributed by atoms with Gasteiger partial charge in [0.15, 0.2) is 0 Å². The van der Waals surface area contributed by atoms with Crippen molar-refractivity contribution < 1.29 is 9.53 Å². The van der Waals surface area contributed by atoms with Crippen LogP contribution in [0.2, 0.25) is 0 Å². The maximum absolute atomic E-state index is 13.8. The van der Waals surface area contributed by atoms with Crippen molar-refractivity contribution in [1.82, 2.24) is 19.4 Å². The van der Waals surface area contributed by atoms with Gasteiger partial charge in [0, 0.05) is 43.5 Å². The van der Waals surface area contributed by atoms with Gasteiger partial charge in [0.1, 0.15) is 17.1 Å². The van der Waals surface area contributed by atoms with Gasteiger partial charge < -0.3 is 19.1 Å². The third-order valence-electron chi connectivity index (χ3n) is 8.47. The molecule has 2 aromatic carbocycles. The van der Waals surface area contributed by atoms with Crippen LogP contribution in [0.25, 0.3) is 0 Å². The molecule has 37 heavy (non-hydrogen) atoms. The molecular weight excluding hydrogens is 462 g/mol. The Morgan fingerprint density at radius 2 is 1.92 bits per heavy atom. The van der Waals surface area contributed by atoms with Gasteiger partial charge in [-0.05, 0) is 17.5 Å². The highest BCUT2D eigenvalue weighted by molar-refractivity contribution is 5.96. The molecule has 1 saturated carbocycles. The highest BCUT2D eigenvalue weighted by Crippen LogP contribution is 2.59. The van der Waals surface area contributed by atoms with Crippen LogP contribution in [0.4, 0.5) is 0 Å². The molecule has 2 fully saturated rings. The Morgan fingerprint density at radius 3 is 2.70 bits per heavy atom. The fraction of sp³-hybridized carbons (Fsp3) is 0.433. The van der Waals surface area contributed by atoms with Crippen molar-refractivity contribution >= 4 is 11.7 Å². The van der Waals surface area contributed by atoms with E-state index >= 15 is 0 Å². The molecule has 1 amide bonds. The number of amides is 1. The van der Waals surface area contributed by atoms with Crippen LogP contribution in [0, 0.1) is 5.92 Å². The quantitative estimate of drug-likeness (QED) is 0.470. The van der Waals surface area contributed by atoms with E-state index in [2.05, 4.69) is 57.5 Å². The van der Waals surface area contributed by atoms with E-state index in [9.17, 15) is 4.79 Å². The van der Waals surface area contributed by atoms with Gasteiger partial charge in [-0.2, -0.15) is 0 Å². The molecule has 4 atom stereocenters. The van der Waals surface area contributed by atoms with E-state index in [-0.39, 0.29) is 17.5 Å². The van der Waals surface area contributed by atoms with Crippen molar-refractivity contribution in [2.45, 2.75) is 57.3 Å². The number of hydrogen-bond acceptors (Lipinski definition) is 5. The third kappa shape index (κ3) is 4.01. The lowest BCUT2D eigenvalue weighted by Gasteiger charge is -2.44. The fourth-order valence-electron chi connectivity index (χ4n) is 6.24. The molecule has 0 bridgehead atoms. The summed E-state index contributed by atoms with van der Waals surface area (Å²) in [5.74, 6) is 2.43. The van der Waals surface area contributed by atoms with Gasteiger partial charge in [-0.15, -0.1) is 0 Å². The van der Waals surface area contributed by atoms with E-state index in [1.54, 1.807) is 7.11 Å². The fourth-order valence-corrected chi connectivity index (χ4v) is 6.24. The van der Waals surface area contributed by atoms with Crippen molar-refractivity contribution in [2.75, 3.05) is 20.2 Å². The SMILES string of the molecule is CCC(C)[C@H]1C2=NC3(c4ccccc4OC)CC3N2CCN1C(=O)Cc1cncn1Cc1ccccc1. The average Bonchev–Trinajstić information content (AvgIpc) is 3.34. The van der Waals surface area contributed by atoms with Gasteiger partial charge in [-0.3, -0.25) is 9.79 Å². The van der Waals surface area contributed by atoms with E-state index in [1.807, 2.05) is 42.9 Å². The summed E-state index contributed by atoms with van der Waals surface area (Å²) in [6, 6.07) is 18.9. The first-order chi connectivity index (χ1) is 18.1. The first-order valence-corrected chi connectivity index (χ1v) is 13.4. The molecule has 0 radical (unpaired) electrons. The van der Waals surface area contributed by atoms with E-state index in [1.165, 1.54) is 5.56 Å². The standard InChI is InChI=1S/C30H35N5O2/c1-4-21(2)28-29-32-30(24-12-8-9-13-25(24)37-3)17-26(30)34(29)14-15-35(28)27(36)16-23-18-31-20-33(23)19-22-10-6-5-7-11-22/h5-13,18,20-21,26,28H,4,14-17,19H2,1-3H3/t21?,26?,28-,30?/m0/s1. The number of carbonyl (C=O) groups is 1. The molecular formula is C30H35N5O2. The lowest BCUT2D eigenvalue weighted by molar-refractivity contribution is -0.133. The highest BCUT2D eigenvalue weighted by Gasteiger charge is 2.66. The zero-order valence-corrected chi connectivity index (χ0v) is 21.9. The van der Waals surface area contributed by atoms with Crippen LogP contribution in [-0.2, 0) is 23.3 Å². The monoisotopic (exact) mass is 497 g/mol. The van der Waals surface area contributed by atoms with Crippen LogP contribution in [0.5, 0.6) is 5.75 Å². The zero-order chi connectivity index (χ0) is 25.6. The minimum Gasteiger partial charge on any atom is -0.496 e. The molecule has 192 valence electrons. The Morgan fingerprint density at radius 1 is 1.14 bits per heavy atom. The molecule has 7 heteroatoms. The van der Waals surface area contributed by atoms with Crippen molar-refractivity contribution in [3.05, 3.63) is 83.9 Å². The Kier molecular flexibility index (Phi) is 6.01. The number of methoxy groups -OCH3 is 1. The minimum absolute atomic E-state index is 0.0175. The number of para-hydroxylation sites is 1. The predicted molar refractivity (Wildman–Crippen MR) is 144 cm³/mol. The molecule has 0 spiro atoms. The second-order valence-corrected chi connectivity index (χ2v) is 10.6. The van der Waals surface area contributed by atoms with Crippen LogP contribution >= 0.6 is 0 Å². The molecule has 3 aromatic rings. The number of aliphatic imine (C=N–C) groups is 1. The molecule has 3 heterocycles. The molecule has 7 nitrogen and oxygen atoms in total. The molecule has 6 rings (SSSR count). The summed E-state index contributed by atoms with van der Waals surface area (Å²) in [7, 11) is 1.73. The summed E-state index contributed by atoms with van der Waals surface area (Å²) >= 11 is 0. The summed E-state index contributed by atoms with van der Waals surface area (Å²) in [5.41, 5.74) is 3.05. The number of carbonyl (C=O) groups excluding carboxylic acids is 1. The topological polar surface area (TPSA) is 63.0 Å². The average molecular weight is 498 g/mol. The zero-order valence-electron chi connectivity index (χ0n) is 21.9. The number of rotatable bonds is 8. The van der Waals surface area contributed by atoms with E-state index in [4.69, 9.17) is 9.73 Å².